The monoisotopic (exact) mass is 604 g/mol. The van der Waals surface area contributed by atoms with Crippen LogP contribution in [0.15, 0.2) is 60.7 Å². The lowest BCUT2D eigenvalue weighted by Gasteiger charge is -2.20. The number of amides is 2. The van der Waals surface area contributed by atoms with Crippen LogP contribution in [0.25, 0.3) is 21.5 Å². The van der Waals surface area contributed by atoms with E-state index in [2.05, 4.69) is 0 Å². The first-order valence-corrected chi connectivity index (χ1v) is 15.4. The van der Waals surface area contributed by atoms with Crippen LogP contribution in [0.4, 0.5) is 11.4 Å². The number of carbonyl (C=O) groups excluding carboxylic acids is 2. The summed E-state index contributed by atoms with van der Waals surface area (Å²) in [5.41, 5.74) is 3.43. The summed E-state index contributed by atoms with van der Waals surface area (Å²) in [6, 6.07) is 18.7. The molecule has 0 bridgehead atoms. The normalized spacial score (nSPS) is 19.2. The number of benzene rings is 4. The Morgan fingerprint density at radius 1 is 0.714 bits per heavy atom. The maximum Gasteiger partial charge on any atom is 0.227 e. The molecule has 4 aromatic carbocycles. The minimum atomic E-state index is -0.188. The number of halogens is 2. The number of carbonyl (C=O) groups is 2. The molecule has 0 spiro atoms. The van der Waals surface area contributed by atoms with Crippen LogP contribution in [-0.2, 0) is 9.59 Å². The van der Waals surface area contributed by atoms with Crippen molar-refractivity contribution in [1.29, 1.82) is 0 Å². The Morgan fingerprint density at radius 3 is 1.43 bits per heavy atom. The topological polar surface area (TPSA) is 81.1 Å². The summed E-state index contributed by atoms with van der Waals surface area (Å²) in [5.74, 6) is 0.111. The van der Waals surface area contributed by atoms with Crippen LogP contribution in [0.2, 0.25) is 0 Å². The van der Waals surface area contributed by atoms with Crippen molar-refractivity contribution in [3.05, 3.63) is 71.8 Å². The lowest BCUT2D eigenvalue weighted by molar-refractivity contribution is -0.120. The summed E-state index contributed by atoms with van der Waals surface area (Å²) >= 11 is 13.2. The number of alkyl halides is 2. The molecule has 0 aliphatic carbocycles. The van der Waals surface area contributed by atoms with E-state index in [1.165, 1.54) is 0 Å². The summed E-state index contributed by atoms with van der Waals surface area (Å²) < 4.78 is 0. The molecule has 8 heteroatoms. The molecule has 2 amide bonds. The minimum absolute atomic E-state index is 0.0438. The Kier molecular flexibility index (Phi) is 7.71. The zero-order chi connectivity index (χ0) is 29.7. The highest BCUT2D eigenvalue weighted by Gasteiger charge is 2.38. The molecule has 0 saturated heterocycles. The number of nitrogens with zero attached hydrogens (tertiary/aromatic N) is 2. The van der Waals surface area contributed by atoms with Gasteiger partial charge in [0.2, 0.25) is 11.8 Å². The van der Waals surface area contributed by atoms with Crippen molar-refractivity contribution in [2.75, 3.05) is 22.9 Å². The summed E-state index contributed by atoms with van der Waals surface area (Å²) in [5, 5.41) is 24.4. The average molecular weight is 606 g/mol. The van der Waals surface area contributed by atoms with Crippen LogP contribution >= 0.6 is 23.2 Å². The van der Waals surface area contributed by atoms with Crippen molar-refractivity contribution in [1.82, 2.24) is 0 Å². The third-order valence-corrected chi connectivity index (χ3v) is 9.52. The molecule has 2 N–H and O–H groups in total. The van der Waals surface area contributed by atoms with Gasteiger partial charge >= 0.3 is 0 Å². The van der Waals surface area contributed by atoms with Gasteiger partial charge in [-0.3, -0.25) is 9.59 Å². The molecular formula is C34H34Cl2N2O4. The first-order chi connectivity index (χ1) is 20.2. The summed E-state index contributed by atoms with van der Waals surface area (Å²) in [6.07, 6.45) is 1.67. The highest BCUT2D eigenvalue weighted by Crippen LogP contribution is 2.48. The van der Waals surface area contributed by atoms with Crippen LogP contribution in [0.3, 0.4) is 0 Å². The SMILES string of the molecule is C[C@@H](Cl)C1CN(C(=O)CCCCC(=O)N2C[C@@H]([C@@H](C)Cl)c3c2cc(O)c2ccccc32)c2cc(O)c3ccccc3c21. The molecule has 6 rings (SSSR count). The van der Waals surface area contributed by atoms with Gasteiger partial charge in [-0.2, -0.15) is 0 Å². The first-order valence-electron chi connectivity index (χ1n) is 14.6. The minimum Gasteiger partial charge on any atom is -0.507 e. The number of hydrogen-bond donors (Lipinski definition) is 2. The van der Waals surface area contributed by atoms with Crippen LogP contribution in [0.5, 0.6) is 11.5 Å². The maximum atomic E-state index is 13.4. The predicted octanol–water partition coefficient (Wildman–Crippen LogP) is 7.78. The molecule has 4 atom stereocenters. The Balaban J connectivity index is 1.15. The van der Waals surface area contributed by atoms with Crippen molar-refractivity contribution in [3.8, 4) is 11.5 Å². The van der Waals surface area contributed by atoms with Gasteiger partial charge in [-0.25, -0.2) is 0 Å². The molecule has 1 unspecified atom stereocenters. The smallest absolute Gasteiger partial charge is 0.227 e. The number of fused-ring (bicyclic) bond motifs is 6. The molecule has 6 nitrogen and oxygen atoms in total. The second kappa shape index (κ2) is 11.3. The molecule has 2 aliphatic heterocycles. The fourth-order valence-electron chi connectivity index (χ4n) is 6.77. The van der Waals surface area contributed by atoms with Crippen molar-refractivity contribution in [2.45, 2.75) is 62.1 Å². The molecule has 0 radical (unpaired) electrons. The standard InChI is InChI=1S/C34H34Cl2N2O4/c1-19(35)25-17-37(27-15-29(39)21-9-3-5-11-23(21)33(25)27)31(41)13-7-8-14-32(42)38-18-26(20(2)36)34-24-12-6-4-10-22(24)30(40)16-28(34)38/h3-6,9-12,15-16,19-20,25-26,39-40H,7-8,13-14,17-18H2,1-2H3/t19-,20-,25+,26?/m1/s1. The number of rotatable bonds is 7. The molecule has 0 fully saturated rings. The Hall–Kier alpha value is -3.48. The third kappa shape index (κ3) is 4.84. The summed E-state index contributed by atoms with van der Waals surface area (Å²) in [7, 11) is 0. The Bertz CT molecular complexity index is 1580. The number of aromatic hydroxyl groups is 2. The van der Waals surface area contributed by atoms with E-state index in [0.717, 1.165) is 32.7 Å². The van der Waals surface area contributed by atoms with Gasteiger partial charge in [0.15, 0.2) is 0 Å². The van der Waals surface area contributed by atoms with Crippen molar-refractivity contribution >= 4 is 67.9 Å². The van der Waals surface area contributed by atoms with Gasteiger partial charge in [-0.1, -0.05) is 48.5 Å². The van der Waals surface area contributed by atoms with E-state index in [4.69, 9.17) is 23.2 Å². The highest BCUT2D eigenvalue weighted by atomic mass is 35.5. The quantitative estimate of drug-likeness (QED) is 0.167. The Morgan fingerprint density at radius 2 is 1.07 bits per heavy atom. The first kappa shape index (κ1) is 28.6. The molecule has 2 heterocycles. The lowest BCUT2D eigenvalue weighted by Crippen LogP contribution is -2.31. The maximum absolute atomic E-state index is 13.4. The van der Waals surface area contributed by atoms with Crippen LogP contribution < -0.4 is 9.80 Å². The van der Waals surface area contributed by atoms with Gasteiger partial charge in [-0.05, 0) is 48.6 Å². The molecule has 0 saturated carbocycles. The van der Waals surface area contributed by atoms with E-state index >= 15 is 0 Å². The van der Waals surface area contributed by atoms with E-state index < -0.39 is 0 Å². The number of anilines is 2. The second-order valence-corrected chi connectivity index (χ2v) is 12.9. The van der Waals surface area contributed by atoms with Crippen molar-refractivity contribution in [3.63, 3.8) is 0 Å². The second-order valence-electron chi connectivity index (χ2n) is 11.5. The van der Waals surface area contributed by atoms with Gasteiger partial charge in [0.25, 0.3) is 0 Å². The molecular weight excluding hydrogens is 571 g/mol. The fraction of sp³-hybridized carbons (Fsp3) is 0.353. The third-order valence-electron chi connectivity index (χ3n) is 8.91. The van der Waals surface area contributed by atoms with Gasteiger partial charge in [0.1, 0.15) is 11.5 Å². The Labute approximate surface area is 255 Å². The van der Waals surface area contributed by atoms with Gasteiger partial charge in [-0.15, -0.1) is 23.2 Å². The molecule has 2 aliphatic rings. The number of phenolic OH excluding ortho intramolecular Hbond substituents is 2. The number of hydrogen-bond acceptors (Lipinski definition) is 4. The van der Waals surface area contributed by atoms with Crippen molar-refractivity contribution < 1.29 is 19.8 Å². The largest absolute Gasteiger partial charge is 0.507 e. The van der Waals surface area contributed by atoms with E-state index in [0.29, 0.717) is 37.3 Å². The predicted molar refractivity (Wildman–Crippen MR) is 171 cm³/mol. The molecule has 4 aromatic rings. The summed E-state index contributed by atoms with van der Waals surface area (Å²) in [4.78, 5) is 30.3. The average Bonchev–Trinajstić information content (AvgIpc) is 3.55. The van der Waals surface area contributed by atoms with E-state index in [1.807, 2.05) is 62.4 Å². The van der Waals surface area contributed by atoms with Crippen LogP contribution in [0, 0.1) is 0 Å². The summed E-state index contributed by atoms with van der Waals surface area (Å²) in [6.45, 7) is 4.80. The zero-order valence-corrected chi connectivity index (χ0v) is 25.2. The molecule has 0 aromatic heterocycles. The van der Waals surface area contributed by atoms with E-state index in [-0.39, 0.29) is 58.7 Å². The fourth-order valence-corrected chi connectivity index (χ4v) is 7.18. The van der Waals surface area contributed by atoms with E-state index in [1.54, 1.807) is 21.9 Å². The van der Waals surface area contributed by atoms with Gasteiger partial charge in [0.05, 0.1) is 11.4 Å². The van der Waals surface area contributed by atoms with Gasteiger partial charge < -0.3 is 20.0 Å². The number of unbranched alkanes of at least 4 members (excludes halogenated alkanes) is 1. The lowest BCUT2D eigenvalue weighted by atomic mass is 9.92. The van der Waals surface area contributed by atoms with Crippen LogP contribution in [0.1, 0.15) is 62.5 Å². The van der Waals surface area contributed by atoms with Gasteiger partial charge in [0, 0.05) is 71.4 Å². The van der Waals surface area contributed by atoms with E-state index in [9.17, 15) is 19.8 Å². The highest BCUT2D eigenvalue weighted by molar-refractivity contribution is 6.22. The molecule has 218 valence electrons. The van der Waals surface area contributed by atoms with Crippen molar-refractivity contribution in [2.24, 2.45) is 0 Å². The number of phenols is 2. The zero-order valence-electron chi connectivity index (χ0n) is 23.7. The van der Waals surface area contributed by atoms with Crippen LogP contribution in [-0.4, -0.2) is 45.9 Å². The molecule has 42 heavy (non-hydrogen) atoms.